The molecule has 0 N–H and O–H groups in total. The molecular weight excluding hydrogens is 254 g/mol. The minimum Gasteiger partial charge on any atom is -0.329 e. The van der Waals surface area contributed by atoms with Crippen LogP contribution >= 0.6 is 11.6 Å². The fraction of sp³-hybridized carbons (Fsp3) is 0.250. The van der Waals surface area contributed by atoms with E-state index < -0.39 is 6.03 Å². The van der Waals surface area contributed by atoms with Crippen LogP contribution in [0.2, 0.25) is 5.02 Å². The number of nitrogens with zero attached hydrogens (tertiary/aromatic N) is 3. The summed E-state index contributed by atoms with van der Waals surface area (Å²) in [5, 5.41) is 0.502. The van der Waals surface area contributed by atoms with Gasteiger partial charge in [-0.15, -0.1) is 0 Å². The molecule has 2 rings (SSSR count). The van der Waals surface area contributed by atoms with Crippen molar-refractivity contribution in [1.29, 1.82) is 0 Å². The lowest BCUT2D eigenvalue weighted by Crippen LogP contribution is -2.28. The molecule has 0 saturated carbocycles. The number of carbonyl (C=O) groups is 2. The summed E-state index contributed by atoms with van der Waals surface area (Å²) in [5.41, 5.74) is 1.42. The lowest BCUT2D eigenvalue weighted by atomic mass is 10.1. The highest BCUT2D eigenvalue weighted by atomic mass is 35.5. The van der Waals surface area contributed by atoms with Gasteiger partial charge in [0.1, 0.15) is 5.71 Å². The number of amides is 3. The Morgan fingerprint density at radius 3 is 2.67 bits per heavy atom. The zero-order valence-electron chi connectivity index (χ0n) is 10.3. The number of hydrogen-bond donors (Lipinski definition) is 0. The number of anilines is 1. The van der Waals surface area contributed by atoms with E-state index in [2.05, 4.69) is 4.99 Å². The van der Waals surface area contributed by atoms with Crippen LogP contribution in [0.25, 0.3) is 0 Å². The smallest absolute Gasteiger partial charge is 0.329 e. The fourth-order valence-electron chi connectivity index (χ4n) is 1.68. The van der Waals surface area contributed by atoms with E-state index in [1.807, 2.05) is 0 Å². The van der Waals surface area contributed by atoms with Gasteiger partial charge in [0.25, 0.3) is 5.91 Å². The molecule has 6 heteroatoms. The van der Waals surface area contributed by atoms with E-state index in [1.165, 1.54) is 9.80 Å². The van der Waals surface area contributed by atoms with Gasteiger partial charge in [0.05, 0.1) is 5.69 Å². The molecule has 0 radical (unpaired) electrons. The first-order valence-corrected chi connectivity index (χ1v) is 5.67. The van der Waals surface area contributed by atoms with Crippen molar-refractivity contribution in [2.45, 2.75) is 0 Å². The molecule has 0 saturated heterocycles. The highest BCUT2D eigenvalue weighted by Gasteiger charge is 2.32. The molecule has 1 aromatic carbocycles. The zero-order chi connectivity index (χ0) is 13.4. The molecule has 1 aromatic rings. The summed E-state index contributed by atoms with van der Waals surface area (Å²) in [5.74, 6) is -0.303. The van der Waals surface area contributed by atoms with Crippen LogP contribution in [-0.4, -0.2) is 43.7 Å². The maximum atomic E-state index is 12.0. The Labute approximate surface area is 110 Å². The highest BCUT2D eigenvalue weighted by Crippen LogP contribution is 2.30. The van der Waals surface area contributed by atoms with Crippen molar-refractivity contribution in [3.8, 4) is 0 Å². The molecule has 1 heterocycles. The third-order valence-electron chi connectivity index (χ3n) is 2.67. The molecule has 0 aromatic heterocycles. The van der Waals surface area contributed by atoms with Gasteiger partial charge in [-0.05, 0) is 18.2 Å². The molecule has 0 bridgehead atoms. The van der Waals surface area contributed by atoms with Crippen LogP contribution in [0.1, 0.15) is 5.56 Å². The average Bonchev–Trinajstić information content (AvgIpc) is 2.54. The average molecular weight is 266 g/mol. The molecule has 0 spiro atoms. The predicted molar refractivity (Wildman–Crippen MR) is 70.5 cm³/mol. The second-order valence-electron chi connectivity index (χ2n) is 4.16. The lowest BCUT2D eigenvalue weighted by Gasteiger charge is -2.08. The largest absolute Gasteiger partial charge is 0.343 e. The minimum atomic E-state index is -0.473. The number of carbonyl (C=O) groups excluding carboxylic acids is 2. The molecule has 94 valence electrons. The van der Waals surface area contributed by atoms with Crippen molar-refractivity contribution in [3.63, 3.8) is 0 Å². The fourth-order valence-corrected chi connectivity index (χ4v) is 1.85. The number of hydrogen-bond acceptors (Lipinski definition) is 2. The molecule has 1 aliphatic heterocycles. The van der Waals surface area contributed by atoms with Gasteiger partial charge < -0.3 is 9.80 Å². The van der Waals surface area contributed by atoms with E-state index in [4.69, 9.17) is 11.6 Å². The summed E-state index contributed by atoms with van der Waals surface area (Å²) in [7, 11) is 4.79. The zero-order valence-corrected chi connectivity index (χ0v) is 11.0. The summed E-state index contributed by atoms with van der Waals surface area (Å²) < 4.78 is 0. The quantitative estimate of drug-likeness (QED) is 0.718. The maximum absolute atomic E-state index is 12.0. The van der Waals surface area contributed by atoms with Gasteiger partial charge >= 0.3 is 6.03 Å². The summed E-state index contributed by atoms with van der Waals surface area (Å²) in [6.45, 7) is 0. The molecule has 5 nitrogen and oxygen atoms in total. The molecular formula is C12H12ClN3O2. The van der Waals surface area contributed by atoms with E-state index in [9.17, 15) is 9.59 Å². The Kier molecular flexibility index (Phi) is 3.09. The number of urea groups is 1. The normalized spacial score (nSPS) is 16.1. The van der Waals surface area contributed by atoms with Crippen molar-refractivity contribution in [3.05, 3.63) is 28.8 Å². The van der Waals surface area contributed by atoms with Crippen LogP contribution in [0.5, 0.6) is 0 Å². The second kappa shape index (κ2) is 4.42. The number of rotatable bonds is 0. The van der Waals surface area contributed by atoms with Gasteiger partial charge in [-0.1, -0.05) is 11.6 Å². The van der Waals surface area contributed by atoms with Gasteiger partial charge in [-0.3, -0.25) is 4.79 Å². The Bertz CT molecular complexity index is 566. The van der Waals surface area contributed by atoms with Crippen molar-refractivity contribution >= 4 is 34.9 Å². The summed E-state index contributed by atoms with van der Waals surface area (Å²) in [4.78, 5) is 30.2. The lowest BCUT2D eigenvalue weighted by molar-refractivity contribution is -0.111. The molecule has 0 atom stereocenters. The van der Waals surface area contributed by atoms with Gasteiger partial charge in [0, 0.05) is 31.7 Å². The highest BCUT2D eigenvalue weighted by molar-refractivity contribution is 6.55. The second-order valence-corrected chi connectivity index (χ2v) is 4.60. The van der Waals surface area contributed by atoms with E-state index >= 15 is 0 Å². The molecule has 3 amide bonds. The van der Waals surface area contributed by atoms with Crippen LogP contribution in [0.3, 0.4) is 0 Å². The van der Waals surface area contributed by atoms with Crippen LogP contribution < -0.4 is 4.90 Å². The SMILES string of the molecule is CN(C)C(=O)N=C1C(=O)N(C)c2ccc(Cl)cc21. The molecule has 0 aliphatic carbocycles. The molecule has 18 heavy (non-hydrogen) atoms. The van der Waals surface area contributed by atoms with Crippen LogP contribution in [0, 0.1) is 0 Å². The van der Waals surface area contributed by atoms with Gasteiger partial charge in [-0.25, -0.2) is 4.79 Å². The Morgan fingerprint density at radius 1 is 1.39 bits per heavy atom. The third-order valence-corrected chi connectivity index (χ3v) is 2.91. The standard InChI is InChI=1S/C12H12ClN3O2/c1-15(2)12(18)14-10-8-6-7(13)4-5-9(8)16(3)11(10)17/h4-6H,1-3H3. The number of likely N-dealkylation sites (N-methyl/N-ethyl adjacent to an activating group) is 1. The van der Waals surface area contributed by atoms with E-state index in [0.717, 1.165) is 0 Å². The summed E-state index contributed by atoms with van der Waals surface area (Å²) in [6.07, 6.45) is 0. The number of aliphatic imine (C=N–C) groups is 1. The van der Waals surface area contributed by atoms with Gasteiger partial charge in [-0.2, -0.15) is 4.99 Å². The summed E-state index contributed by atoms with van der Waals surface area (Å²) >= 11 is 5.90. The van der Waals surface area contributed by atoms with Gasteiger partial charge in [0.2, 0.25) is 0 Å². The minimum absolute atomic E-state index is 0.133. The van der Waals surface area contributed by atoms with Crippen LogP contribution in [0.15, 0.2) is 23.2 Å². The Hall–Kier alpha value is -1.88. The van der Waals surface area contributed by atoms with Crippen molar-refractivity contribution in [2.75, 3.05) is 26.0 Å². The van der Waals surface area contributed by atoms with Crippen molar-refractivity contribution < 1.29 is 9.59 Å². The van der Waals surface area contributed by atoms with Crippen molar-refractivity contribution in [1.82, 2.24) is 4.90 Å². The van der Waals surface area contributed by atoms with E-state index in [0.29, 0.717) is 16.3 Å². The first kappa shape index (κ1) is 12.6. The van der Waals surface area contributed by atoms with Crippen LogP contribution in [0.4, 0.5) is 10.5 Å². The van der Waals surface area contributed by atoms with Crippen LogP contribution in [-0.2, 0) is 4.79 Å². The number of benzene rings is 1. The predicted octanol–water partition coefficient (Wildman–Crippen LogP) is 1.79. The first-order valence-electron chi connectivity index (χ1n) is 5.29. The topological polar surface area (TPSA) is 53.0 Å². The third kappa shape index (κ3) is 1.97. The molecule has 0 unspecified atom stereocenters. The molecule has 0 fully saturated rings. The summed E-state index contributed by atoms with van der Waals surface area (Å²) in [6, 6.07) is 4.60. The molecule has 1 aliphatic rings. The Morgan fingerprint density at radius 2 is 2.06 bits per heavy atom. The van der Waals surface area contributed by atoms with Gasteiger partial charge in [0.15, 0.2) is 0 Å². The first-order chi connectivity index (χ1) is 8.41. The van der Waals surface area contributed by atoms with E-state index in [1.54, 1.807) is 39.3 Å². The number of halogens is 1. The maximum Gasteiger partial charge on any atom is 0.343 e. The Balaban J connectivity index is 2.55. The number of fused-ring (bicyclic) bond motifs is 1. The van der Waals surface area contributed by atoms with E-state index in [-0.39, 0.29) is 11.6 Å². The van der Waals surface area contributed by atoms with Crippen molar-refractivity contribution in [2.24, 2.45) is 4.99 Å². The monoisotopic (exact) mass is 265 g/mol.